The third kappa shape index (κ3) is 4.55. The van der Waals surface area contributed by atoms with E-state index in [2.05, 4.69) is 10.1 Å². The number of rotatable bonds is 3. The number of ether oxygens (including phenoxy) is 1. The molecule has 2 bridgehead atoms. The van der Waals surface area contributed by atoms with Gasteiger partial charge >= 0.3 is 12.4 Å². The van der Waals surface area contributed by atoms with E-state index < -0.39 is 6.36 Å². The number of halogens is 3. The molecule has 6 nitrogen and oxygen atoms in total. The number of likely N-dealkylation sites (tertiary alicyclic amines) is 1. The second-order valence-corrected chi connectivity index (χ2v) is 8.46. The number of benzene rings is 1. The van der Waals surface area contributed by atoms with Gasteiger partial charge in [-0.2, -0.15) is 0 Å². The van der Waals surface area contributed by atoms with E-state index in [9.17, 15) is 22.8 Å². The van der Waals surface area contributed by atoms with Crippen molar-refractivity contribution in [3.8, 4) is 16.9 Å². The van der Waals surface area contributed by atoms with Gasteiger partial charge in [-0.3, -0.25) is 4.79 Å². The van der Waals surface area contributed by atoms with Gasteiger partial charge in [-0.15, -0.1) is 13.2 Å². The highest BCUT2D eigenvalue weighted by atomic mass is 19.4. The lowest BCUT2D eigenvalue weighted by Crippen LogP contribution is -2.53. The molecule has 2 aliphatic heterocycles. The Balaban J connectivity index is 1.67. The number of nitrogens with zero attached hydrogens (tertiary/aromatic N) is 2. The molecule has 1 aromatic carbocycles. The zero-order valence-corrected chi connectivity index (χ0v) is 17.3. The fraction of sp³-hybridized carbons (Fsp3) is 0.455. The molecule has 1 N–H and O–H groups in total. The predicted octanol–water partition coefficient (Wildman–Crippen LogP) is 3.95. The van der Waals surface area contributed by atoms with Gasteiger partial charge in [-0.25, -0.2) is 4.79 Å². The van der Waals surface area contributed by atoms with Crippen LogP contribution in [0.3, 0.4) is 0 Å². The summed E-state index contributed by atoms with van der Waals surface area (Å²) in [7, 11) is 0. The summed E-state index contributed by atoms with van der Waals surface area (Å²) in [5, 5.41) is 2.92. The van der Waals surface area contributed by atoms with Crippen molar-refractivity contribution < 1.29 is 22.7 Å². The molecule has 1 saturated heterocycles. The summed E-state index contributed by atoms with van der Waals surface area (Å²) in [6.07, 6.45) is -3.89. The number of urea groups is 1. The molecule has 2 atom stereocenters. The quantitative estimate of drug-likeness (QED) is 0.794. The van der Waals surface area contributed by atoms with Crippen LogP contribution in [0.25, 0.3) is 11.1 Å². The molecule has 2 aromatic rings. The van der Waals surface area contributed by atoms with Crippen LogP contribution in [0, 0.1) is 5.92 Å². The van der Waals surface area contributed by atoms with Crippen LogP contribution in [-0.4, -0.2) is 41.0 Å². The van der Waals surface area contributed by atoms with E-state index in [0.29, 0.717) is 25.2 Å². The first-order chi connectivity index (χ1) is 14.6. The smallest absolute Gasteiger partial charge is 0.406 e. The monoisotopic (exact) mass is 435 g/mol. The lowest BCUT2D eigenvalue weighted by Gasteiger charge is -2.43. The molecular formula is C22H24F3N3O3. The van der Waals surface area contributed by atoms with E-state index in [1.165, 1.54) is 18.2 Å². The lowest BCUT2D eigenvalue weighted by molar-refractivity contribution is -0.274. The summed E-state index contributed by atoms with van der Waals surface area (Å²) in [6, 6.07) is 8.74. The Hall–Kier alpha value is -2.97. The molecular weight excluding hydrogens is 411 g/mol. The number of fused-ring (bicyclic) bond motifs is 4. The highest BCUT2D eigenvalue weighted by molar-refractivity contribution is 5.75. The minimum absolute atomic E-state index is 0.0252. The summed E-state index contributed by atoms with van der Waals surface area (Å²) in [4.78, 5) is 26.9. The van der Waals surface area contributed by atoms with E-state index in [4.69, 9.17) is 0 Å². The first kappa shape index (κ1) is 21.3. The number of hydrogen-bond donors (Lipinski definition) is 1. The second kappa shape index (κ2) is 7.94. The standard InChI is InChI=1S/C22H24F3N3O3/c1-13(2)26-21(30)27-10-14-9-16(12-27)20-18(7-8-19(29)28(20)11-14)15-3-5-17(6-4-15)31-22(23,24)25/h3-8,13-14,16H,9-12H2,1-2H3,(H,26,30)/t14-,16-/m1/s1. The maximum absolute atomic E-state index is 12.6. The van der Waals surface area contributed by atoms with Crippen LogP contribution in [-0.2, 0) is 6.54 Å². The molecule has 2 amide bonds. The summed E-state index contributed by atoms with van der Waals surface area (Å²) >= 11 is 0. The van der Waals surface area contributed by atoms with Crippen molar-refractivity contribution >= 4 is 6.03 Å². The normalized spacial score (nSPS) is 20.4. The number of nitrogens with one attached hydrogen (secondary N) is 1. The van der Waals surface area contributed by atoms with E-state index >= 15 is 0 Å². The Morgan fingerprint density at radius 3 is 2.45 bits per heavy atom. The highest BCUT2D eigenvalue weighted by Crippen LogP contribution is 2.40. The average molecular weight is 435 g/mol. The maximum Gasteiger partial charge on any atom is 0.573 e. The molecule has 2 aliphatic rings. The molecule has 31 heavy (non-hydrogen) atoms. The number of amides is 2. The van der Waals surface area contributed by atoms with Crippen LogP contribution < -0.4 is 15.6 Å². The molecule has 0 saturated carbocycles. The van der Waals surface area contributed by atoms with Crippen LogP contribution in [0.15, 0.2) is 41.2 Å². The Bertz CT molecular complexity index is 1030. The van der Waals surface area contributed by atoms with Gasteiger partial charge in [0.2, 0.25) is 0 Å². The Labute approximate surface area is 177 Å². The molecule has 0 aliphatic carbocycles. The van der Waals surface area contributed by atoms with Crippen LogP contribution >= 0.6 is 0 Å². The Morgan fingerprint density at radius 2 is 1.81 bits per heavy atom. The minimum atomic E-state index is -4.75. The first-order valence-corrected chi connectivity index (χ1v) is 10.3. The van der Waals surface area contributed by atoms with E-state index in [-0.39, 0.29) is 35.2 Å². The van der Waals surface area contributed by atoms with Crippen LogP contribution in [0.4, 0.5) is 18.0 Å². The van der Waals surface area contributed by atoms with Crippen molar-refractivity contribution in [3.63, 3.8) is 0 Å². The first-order valence-electron chi connectivity index (χ1n) is 10.3. The topological polar surface area (TPSA) is 63.6 Å². The van der Waals surface area contributed by atoms with Crippen molar-refractivity contribution in [1.29, 1.82) is 0 Å². The van der Waals surface area contributed by atoms with Gasteiger partial charge in [-0.05, 0) is 49.9 Å². The molecule has 166 valence electrons. The van der Waals surface area contributed by atoms with Gasteiger partial charge in [0.15, 0.2) is 0 Å². The Morgan fingerprint density at radius 1 is 1.10 bits per heavy atom. The summed E-state index contributed by atoms with van der Waals surface area (Å²) in [5.41, 5.74) is 2.20. The van der Waals surface area contributed by atoms with Crippen LogP contribution in [0.5, 0.6) is 5.75 Å². The van der Waals surface area contributed by atoms with Crippen molar-refractivity contribution in [2.75, 3.05) is 13.1 Å². The molecule has 3 heterocycles. The van der Waals surface area contributed by atoms with Gasteiger partial charge in [0.05, 0.1) is 0 Å². The van der Waals surface area contributed by atoms with Gasteiger partial charge in [0.1, 0.15) is 5.75 Å². The van der Waals surface area contributed by atoms with Crippen molar-refractivity contribution in [1.82, 2.24) is 14.8 Å². The van der Waals surface area contributed by atoms with Crippen molar-refractivity contribution in [3.05, 3.63) is 52.4 Å². The molecule has 9 heteroatoms. The average Bonchev–Trinajstić information content (AvgIpc) is 2.67. The maximum atomic E-state index is 12.6. The second-order valence-electron chi connectivity index (χ2n) is 8.46. The number of alkyl halides is 3. The van der Waals surface area contributed by atoms with Crippen molar-refractivity contribution in [2.24, 2.45) is 5.92 Å². The zero-order chi connectivity index (χ0) is 22.3. The zero-order valence-electron chi connectivity index (χ0n) is 17.3. The lowest BCUT2D eigenvalue weighted by atomic mass is 9.80. The SMILES string of the molecule is CC(C)NC(=O)N1C[C@H]2C[C@H](C1)c1c(-c3ccc(OC(F)(F)F)cc3)ccc(=O)n1C2. The summed E-state index contributed by atoms with van der Waals surface area (Å²) < 4.78 is 43.1. The van der Waals surface area contributed by atoms with E-state index in [1.807, 2.05) is 13.8 Å². The number of hydrogen-bond acceptors (Lipinski definition) is 3. The van der Waals surface area contributed by atoms with Gasteiger partial charge < -0.3 is 19.5 Å². The van der Waals surface area contributed by atoms with Crippen LogP contribution in [0.1, 0.15) is 31.9 Å². The number of piperidine rings is 1. The number of aromatic nitrogens is 1. The predicted molar refractivity (Wildman–Crippen MR) is 109 cm³/mol. The minimum Gasteiger partial charge on any atom is -0.406 e. The molecule has 1 fully saturated rings. The van der Waals surface area contributed by atoms with E-state index in [1.54, 1.807) is 27.7 Å². The fourth-order valence-electron chi connectivity index (χ4n) is 4.60. The van der Waals surface area contributed by atoms with Gasteiger partial charge in [0, 0.05) is 48.9 Å². The summed E-state index contributed by atoms with van der Waals surface area (Å²) in [5.74, 6) is -0.146. The number of carbonyl (C=O) groups excluding carboxylic acids is 1. The molecule has 1 aromatic heterocycles. The fourth-order valence-corrected chi connectivity index (χ4v) is 4.60. The van der Waals surface area contributed by atoms with Gasteiger partial charge in [-0.1, -0.05) is 12.1 Å². The number of carbonyl (C=O) groups is 1. The molecule has 0 radical (unpaired) electrons. The summed E-state index contributed by atoms with van der Waals surface area (Å²) in [6.45, 7) is 5.40. The third-order valence-corrected chi connectivity index (χ3v) is 5.69. The van der Waals surface area contributed by atoms with Gasteiger partial charge in [0.25, 0.3) is 5.56 Å². The van der Waals surface area contributed by atoms with Crippen LogP contribution in [0.2, 0.25) is 0 Å². The van der Waals surface area contributed by atoms with E-state index in [0.717, 1.165) is 17.7 Å². The highest BCUT2D eigenvalue weighted by Gasteiger charge is 2.38. The molecule has 0 spiro atoms. The molecule has 4 rings (SSSR count). The third-order valence-electron chi connectivity index (χ3n) is 5.69. The largest absolute Gasteiger partial charge is 0.573 e. The Kier molecular flexibility index (Phi) is 5.45. The van der Waals surface area contributed by atoms with Crippen molar-refractivity contribution in [2.45, 2.75) is 45.1 Å². The molecule has 0 unspecified atom stereocenters. The number of pyridine rings is 1.